The number of nitrogens with zero attached hydrogens (tertiary/aromatic N) is 1. The Morgan fingerprint density at radius 1 is 1.33 bits per heavy atom. The predicted molar refractivity (Wildman–Crippen MR) is 66.3 cm³/mol. The standard InChI is InChI=1S/C13H18N2O3/c16-9-3-1-2-8(6-9)14-12-11-7-18-5-4-10(11)13(17)15-12/h8-9,16H,1-7H2,(H,14,15,17)/t8-,9+/m1/s1. The Morgan fingerprint density at radius 2 is 2.22 bits per heavy atom. The Morgan fingerprint density at radius 3 is 3.06 bits per heavy atom. The van der Waals surface area contributed by atoms with E-state index in [1.54, 1.807) is 0 Å². The third-order valence-electron chi connectivity index (χ3n) is 3.83. The number of aliphatic hydroxyl groups is 1. The second-order valence-corrected chi connectivity index (χ2v) is 5.17. The number of ether oxygens (including phenoxy) is 1. The largest absolute Gasteiger partial charge is 0.393 e. The van der Waals surface area contributed by atoms with E-state index in [1.807, 2.05) is 0 Å². The first-order chi connectivity index (χ1) is 8.74. The van der Waals surface area contributed by atoms with E-state index in [-0.39, 0.29) is 18.1 Å². The summed E-state index contributed by atoms with van der Waals surface area (Å²) in [6, 6.07) is 0.123. The van der Waals surface area contributed by atoms with Gasteiger partial charge in [-0.25, -0.2) is 0 Å². The van der Waals surface area contributed by atoms with E-state index >= 15 is 0 Å². The molecule has 0 spiro atoms. The lowest BCUT2D eigenvalue weighted by Gasteiger charge is -2.23. The Labute approximate surface area is 106 Å². The summed E-state index contributed by atoms with van der Waals surface area (Å²) in [6.07, 6.45) is 3.97. The fraction of sp³-hybridized carbons (Fsp3) is 0.692. The monoisotopic (exact) mass is 250 g/mol. The van der Waals surface area contributed by atoms with Gasteiger partial charge in [0.05, 0.1) is 25.4 Å². The number of carbonyl (C=O) groups is 1. The number of aliphatic hydroxyl groups excluding tert-OH is 1. The molecule has 98 valence electrons. The quantitative estimate of drug-likeness (QED) is 0.713. The molecule has 0 saturated heterocycles. The van der Waals surface area contributed by atoms with Crippen molar-refractivity contribution in [3.8, 4) is 0 Å². The molecule has 3 rings (SSSR count). The molecule has 5 heteroatoms. The fourth-order valence-corrected chi connectivity index (χ4v) is 2.86. The van der Waals surface area contributed by atoms with Crippen molar-refractivity contribution in [2.24, 2.45) is 4.99 Å². The molecule has 2 aliphatic heterocycles. The van der Waals surface area contributed by atoms with E-state index in [4.69, 9.17) is 4.74 Å². The first kappa shape index (κ1) is 11.9. The number of hydrogen-bond acceptors (Lipinski definition) is 4. The van der Waals surface area contributed by atoms with Crippen LogP contribution in [0, 0.1) is 0 Å². The molecule has 2 atom stereocenters. The van der Waals surface area contributed by atoms with Crippen LogP contribution < -0.4 is 5.32 Å². The van der Waals surface area contributed by atoms with E-state index in [2.05, 4.69) is 10.3 Å². The molecular formula is C13H18N2O3. The number of aliphatic imine (C=N–C) groups is 1. The summed E-state index contributed by atoms with van der Waals surface area (Å²) in [5, 5.41) is 12.5. The molecule has 1 saturated carbocycles. The summed E-state index contributed by atoms with van der Waals surface area (Å²) < 4.78 is 5.39. The molecule has 1 aliphatic carbocycles. The number of nitrogens with one attached hydrogen (secondary N) is 1. The molecule has 0 bridgehead atoms. The van der Waals surface area contributed by atoms with Gasteiger partial charge in [-0.2, -0.15) is 0 Å². The van der Waals surface area contributed by atoms with Gasteiger partial charge >= 0.3 is 0 Å². The smallest absolute Gasteiger partial charge is 0.253 e. The van der Waals surface area contributed by atoms with Gasteiger partial charge in [-0.3, -0.25) is 9.79 Å². The normalized spacial score (nSPS) is 34.7. The first-order valence-electron chi connectivity index (χ1n) is 6.61. The maximum Gasteiger partial charge on any atom is 0.253 e. The van der Waals surface area contributed by atoms with Crippen molar-refractivity contribution in [1.29, 1.82) is 0 Å². The zero-order valence-electron chi connectivity index (χ0n) is 10.3. The summed E-state index contributed by atoms with van der Waals surface area (Å²) >= 11 is 0. The highest BCUT2D eigenvalue weighted by molar-refractivity contribution is 6.21. The van der Waals surface area contributed by atoms with Crippen molar-refractivity contribution >= 4 is 11.7 Å². The number of hydrogen-bond donors (Lipinski definition) is 2. The second-order valence-electron chi connectivity index (χ2n) is 5.17. The van der Waals surface area contributed by atoms with Gasteiger partial charge in [0, 0.05) is 17.6 Å². The maximum atomic E-state index is 11.8. The van der Waals surface area contributed by atoms with Crippen molar-refractivity contribution in [1.82, 2.24) is 5.32 Å². The van der Waals surface area contributed by atoms with Gasteiger partial charge in [0.15, 0.2) is 0 Å². The Bertz CT molecular complexity index is 428. The molecule has 0 radical (unpaired) electrons. The lowest BCUT2D eigenvalue weighted by Crippen LogP contribution is -2.29. The highest BCUT2D eigenvalue weighted by atomic mass is 16.5. The average Bonchev–Trinajstić information content (AvgIpc) is 2.67. The summed E-state index contributed by atoms with van der Waals surface area (Å²) in [6.45, 7) is 1.09. The summed E-state index contributed by atoms with van der Waals surface area (Å²) in [5.74, 6) is 0.650. The minimum atomic E-state index is -0.249. The number of rotatable bonds is 1. The van der Waals surface area contributed by atoms with Gasteiger partial charge < -0.3 is 15.2 Å². The van der Waals surface area contributed by atoms with E-state index < -0.39 is 0 Å². The SMILES string of the molecule is O=C1NC(=N[C@@H]2CCC[C@H](O)C2)C2=C1CCOC2. The molecule has 1 fully saturated rings. The third kappa shape index (κ3) is 2.20. The first-order valence-corrected chi connectivity index (χ1v) is 6.61. The molecule has 2 heterocycles. The lowest BCUT2D eigenvalue weighted by atomic mass is 9.93. The van der Waals surface area contributed by atoms with Gasteiger partial charge in [0.25, 0.3) is 5.91 Å². The second kappa shape index (κ2) is 4.82. The molecule has 2 N–H and O–H groups in total. The van der Waals surface area contributed by atoms with Gasteiger partial charge in [0.2, 0.25) is 0 Å². The Hall–Kier alpha value is -1.20. The number of amidine groups is 1. The molecule has 3 aliphatic rings. The molecule has 0 aromatic heterocycles. The summed E-state index contributed by atoms with van der Waals surface area (Å²) in [5.41, 5.74) is 1.75. The molecule has 1 amide bonds. The summed E-state index contributed by atoms with van der Waals surface area (Å²) in [7, 11) is 0. The van der Waals surface area contributed by atoms with E-state index in [9.17, 15) is 9.90 Å². The maximum absolute atomic E-state index is 11.8. The van der Waals surface area contributed by atoms with Crippen LogP contribution in [0.15, 0.2) is 16.1 Å². The molecule has 0 unspecified atom stereocenters. The van der Waals surface area contributed by atoms with Crippen LogP contribution in [0.25, 0.3) is 0 Å². The summed E-state index contributed by atoms with van der Waals surface area (Å²) in [4.78, 5) is 16.4. The van der Waals surface area contributed by atoms with Crippen molar-refractivity contribution in [2.75, 3.05) is 13.2 Å². The Balaban J connectivity index is 1.80. The highest BCUT2D eigenvalue weighted by Gasteiger charge is 2.31. The van der Waals surface area contributed by atoms with Crippen LogP contribution >= 0.6 is 0 Å². The van der Waals surface area contributed by atoms with Crippen LogP contribution in [-0.4, -0.2) is 42.2 Å². The average molecular weight is 250 g/mol. The van der Waals surface area contributed by atoms with Crippen LogP contribution in [0.2, 0.25) is 0 Å². The molecule has 0 aromatic carbocycles. The van der Waals surface area contributed by atoms with Crippen LogP contribution in [0.3, 0.4) is 0 Å². The zero-order chi connectivity index (χ0) is 12.5. The fourth-order valence-electron chi connectivity index (χ4n) is 2.86. The van der Waals surface area contributed by atoms with Gasteiger partial charge in [0.1, 0.15) is 5.84 Å². The van der Waals surface area contributed by atoms with Gasteiger partial charge in [-0.1, -0.05) is 0 Å². The third-order valence-corrected chi connectivity index (χ3v) is 3.83. The molecule has 5 nitrogen and oxygen atoms in total. The molecular weight excluding hydrogens is 232 g/mol. The van der Waals surface area contributed by atoms with Crippen LogP contribution in [0.1, 0.15) is 32.1 Å². The van der Waals surface area contributed by atoms with Gasteiger partial charge in [-0.15, -0.1) is 0 Å². The van der Waals surface area contributed by atoms with Crippen molar-refractivity contribution < 1.29 is 14.6 Å². The van der Waals surface area contributed by atoms with Crippen LogP contribution in [0.5, 0.6) is 0 Å². The highest BCUT2D eigenvalue weighted by Crippen LogP contribution is 2.25. The number of carbonyl (C=O) groups excluding carboxylic acids is 1. The minimum Gasteiger partial charge on any atom is -0.393 e. The van der Waals surface area contributed by atoms with E-state index in [1.165, 1.54) is 0 Å². The van der Waals surface area contributed by atoms with E-state index in [0.717, 1.165) is 30.4 Å². The minimum absolute atomic E-state index is 0.0246. The molecule has 0 aromatic rings. The lowest BCUT2D eigenvalue weighted by molar-refractivity contribution is -0.116. The Kier molecular flexibility index (Phi) is 3.18. The van der Waals surface area contributed by atoms with Crippen LogP contribution in [-0.2, 0) is 9.53 Å². The topological polar surface area (TPSA) is 70.9 Å². The number of amides is 1. The van der Waals surface area contributed by atoms with Crippen molar-refractivity contribution in [2.45, 2.75) is 44.2 Å². The zero-order valence-corrected chi connectivity index (χ0v) is 10.3. The van der Waals surface area contributed by atoms with Crippen molar-refractivity contribution in [3.05, 3.63) is 11.1 Å². The van der Waals surface area contributed by atoms with E-state index in [0.29, 0.717) is 31.9 Å². The van der Waals surface area contributed by atoms with Gasteiger partial charge in [-0.05, 0) is 25.7 Å². The molecule has 18 heavy (non-hydrogen) atoms. The van der Waals surface area contributed by atoms with Crippen LogP contribution in [0.4, 0.5) is 0 Å². The van der Waals surface area contributed by atoms with Crippen molar-refractivity contribution in [3.63, 3.8) is 0 Å². The predicted octanol–water partition coefficient (Wildman–Crippen LogP) is 0.535.